The zero-order valence-corrected chi connectivity index (χ0v) is 17.3. The van der Waals surface area contributed by atoms with E-state index in [9.17, 15) is 0 Å². The number of thioether (sulfide) groups is 1. The minimum absolute atomic E-state index is 0.708. The molecule has 28 heavy (non-hydrogen) atoms. The highest BCUT2D eigenvalue weighted by molar-refractivity contribution is 7.99. The second-order valence-corrected chi connectivity index (χ2v) is 8.07. The molecule has 0 unspecified atom stereocenters. The average Bonchev–Trinajstić information content (AvgIpc) is 3.15. The van der Waals surface area contributed by atoms with Crippen LogP contribution in [0.5, 0.6) is 5.75 Å². The molecule has 5 nitrogen and oxygen atoms in total. The van der Waals surface area contributed by atoms with Crippen LogP contribution in [0.4, 0.5) is 5.69 Å². The van der Waals surface area contributed by atoms with Crippen LogP contribution >= 0.6 is 11.8 Å². The van der Waals surface area contributed by atoms with Crippen molar-refractivity contribution < 1.29 is 4.74 Å². The second-order valence-electron chi connectivity index (χ2n) is 6.99. The molecule has 4 rings (SSSR count). The van der Waals surface area contributed by atoms with Gasteiger partial charge < -0.3 is 14.6 Å². The number of hydrogen-bond acceptors (Lipinski definition) is 5. The lowest BCUT2D eigenvalue weighted by Gasteiger charge is -2.36. The van der Waals surface area contributed by atoms with Crippen molar-refractivity contribution in [3.05, 3.63) is 48.5 Å². The van der Waals surface area contributed by atoms with Gasteiger partial charge in [0, 0.05) is 31.9 Å². The van der Waals surface area contributed by atoms with Crippen molar-refractivity contribution in [2.24, 2.45) is 0 Å². The lowest BCUT2D eigenvalue weighted by molar-refractivity contribution is 0.257. The molecule has 2 aromatic carbocycles. The summed E-state index contributed by atoms with van der Waals surface area (Å²) < 4.78 is 5.79. The molecule has 148 valence electrons. The van der Waals surface area contributed by atoms with Gasteiger partial charge in [-0.1, -0.05) is 36.0 Å². The number of para-hydroxylation sites is 4. The Labute approximate surface area is 171 Å². The molecule has 0 bridgehead atoms. The number of aromatic nitrogens is 2. The Balaban J connectivity index is 1.21. The molecule has 1 aliphatic rings. The molecule has 0 saturated carbocycles. The van der Waals surface area contributed by atoms with Gasteiger partial charge in [-0.25, -0.2) is 4.98 Å². The quantitative estimate of drug-likeness (QED) is 0.455. The molecule has 1 aromatic heterocycles. The average molecular weight is 397 g/mol. The topological polar surface area (TPSA) is 44.4 Å². The molecular formula is C22H28N4OS. The lowest BCUT2D eigenvalue weighted by Crippen LogP contribution is -2.46. The molecular weight excluding hydrogens is 368 g/mol. The summed E-state index contributed by atoms with van der Waals surface area (Å²) >= 11 is 1.82. The van der Waals surface area contributed by atoms with Crippen molar-refractivity contribution in [1.29, 1.82) is 0 Å². The number of hydrogen-bond donors (Lipinski definition) is 1. The van der Waals surface area contributed by atoms with Gasteiger partial charge in [0.15, 0.2) is 5.16 Å². The summed E-state index contributed by atoms with van der Waals surface area (Å²) in [5.74, 6) is 2.09. The third-order valence-corrected chi connectivity index (χ3v) is 6.06. The van der Waals surface area contributed by atoms with Gasteiger partial charge in [0.05, 0.1) is 23.3 Å². The molecule has 2 heterocycles. The van der Waals surface area contributed by atoms with E-state index in [1.54, 1.807) is 0 Å². The van der Waals surface area contributed by atoms with E-state index in [-0.39, 0.29) is 0 Å². The Bertz CT molecular complexity index is 856. The van der Waals surface area contributed by atoms with Crippen molar-refractivity contribution in [3.63, 3.8) is 0 Å². The molecule has 0 amide bonds. The first kappa shape index (κ1) is 19.2. The van der Waals surface area contributed by atoms with Crippen molar-refractivity contribution in [3.8, 4) is 5.75 Å². The SMILES string of the molecule is CCOc1ccccc1N1CCN(CCCSc2nc3ccccc3[nH]2)CC1. The van der Waals surface area contributed by atoms with Crippen LogP contribution in [0.3, 0.4) is 0 Å². The number of H-pyrrole nitrogens is 1. The first-order valence-corrected chi connectivity index (χ1v) is 11.1. The summed E-state index contributed by atoms with van der Waals surface area (Å²) in [6.07, 6.45) is 1.18. The normalized spacial score (nSPS) is 15.2. The van der Waals surface area contributed by atoms with E-state index < -0.39 is 0 Å². The lowest BCUT2D eigenvalue weighted by atomic mass is 10.2. The van der Waals surface area contributed by atoms with E-state index in [4.69, 9.17) is 4.74 Å². The summed E-state index contributed by atoms with van der Waals surface area (Å²) in [6, 6.07) is 16.6. The minimum Gasteiger partial charge on any atom is -0.492 e. The zero-order chi connectivity index (χ0) is 19.2. The summed E-state index contributed by atoms with van der Waals surface area (Å²) in [4.78, 5) is 13.0. The fourth-order valence-corrected chi connectivity index (χ4v) is 4.47. The van der Waals surface area contributed by atoms with Gasteiger partial charge in [-0.15, -0.1) is 0 Å². The van der Waals surface area contributed by atoms with Crippen LogP contribution in [0.25, 0.3) is 11.0 Å². The van der Waals surface area contributed by atoms with E-state index in [1.807, 2.05) is 36.9 Å². The maximum Gasteiger partial charge on any atom is 0.166 e. The number of nitrogens with one attached hydrogen (secondary N) is 1. The van der Waals surface area contributed by atoms with E-state index in [2.05, 4.69) is 50.1 Å². The highest BCUT2D eigenvalue weighted by Gasteiger charge is 2.19. The predicted molar refractivity (Wildman–Crippen MR) is 118 cm³/mol. The molecule has 0 spiro atoms. The molecule has 0 atom stereocenters. The van der Waals surface area contributed by atoms with Gasteiger partial charge in [-0.2, -0.15) is 0 Å². The number of fused-ring (bicyclic) bond motifs is 1. The van der Waals surface area contributed by atoms with E-state index in [0.29, 0.717) is 6.61 Å². The van der Waals surface area contributed by atoms with Gasteiger partial charge in [-0.05, 0) is 44.2 Å². The van der Waals surface area contributed by atoms with Gasteiger partial charge >= 0.3 is 0 Å². The van der Waals surface area contributed by atoms with Gasteiger partial charge in [0.2, 0.25) is 0 Å². The number of nitrogens with zero attached hydrogens (tertiary/aromatic N) is 3. The maximum absolute atomic E-state index is 5.79. The van der Waals surface area contributed by atoms with Crippen molar-refractivity contribution in [1.82, 2.24) is 14.9 Å². The number of piperazine rings is 1. The predicted octanol–water partition coefficient (Wildman–Crippen LogP) is 4.27. The molecule has 0 radical (unpaired) electrons. The molecule has 1 N–H and O–H groups in total. The summed E-state index contributed by atoms with van der Waals surface area (Å²) in [6.45, 7) is 8.22. The zero-order valence-electron chi connectivity index (χ0n) is 16.4. The molecule has 1 aliphatic heterocycles. The van der Waals surface area contributed by atoms with Crippen LogP contribution < -0.4 is 9.64 Å². The third-order valence-electron chi connectivity index (χ3n) is 5.10. The van der Waals surface area contributed by atoms with Crippen LogP contribution in [0, 0.1) is 0 Å². The highest BCUT2D eigenvalue weighted by Crippen LogP contribution is 2.29. The van der Waals surface area contributed by atoms with E-state index >= 15 is 0 Å². The van der Waals surface area contributed by atoms with Crippen molar-refractivity contribution in [2.45, 2.75) is 18.5 Å². The summed E-state index contributed by atoms with van der Waals surface area (Å²) in [5.41, 5.74) is 3.39. The highest BCUT2D eigenvalue weighted by atomic mass is 32.2. The number of benzene rings is 2. The molecule has 3 aromatic rings. The minimum atomic E-state index is 0.708. The van der Waals surface area contributed by atoms with Crippen LogP contribution in [0.2, 0.25) is 0 Å². The fourth-order valence-electron chi connectivity index (χ4n) is 3.66. The van der Waals surface area contributed by atoms with Crippen molar-refractivity contribution in [2.75, 3.05) is 50.0 Å². The summed E-state index contributed by atoms with van der Waals surface area (Å²) in [7, 11) is 0. The third kappa shape index (κ3) is 4.62. The number of aromatic amines is 1. The molecule has 0 aliphatic carbocycles. The molecule has 6 heteroatoms. The first-order valence-electron chi connectivity index (χ1n) is 10.1. The Morgan fingerprint density at radius 2 is 1.82 bits per heavy atom. The second kappa shape index (κ2) is 9.34. The monoisotopic (exact) mass is 396 g/mol. The Kier molecular flexibility index (Phi) is 6.39. The standard InChI is InChI=1S/C22H28N4OS/c1-2-27-21-11-6-5-10-20(21)26-15-13-25(14-16-26)12-7-17-28-22-23-18-8-3-4-9-19(18)24-22/h3-6,8-11H,2,7,12-17H2,1H3,(H,23,24). The Morgan fingerprint density at radius 1 is 1.04 bits per heavy atom. The first-order chi connectivity index (χ1) is 13.8. The van der Waals surface area contributed by atoms with E-state index in [1.165, 1.54) is 12.1 Å². The number of imidazole rings is 1. The van der Waals surface area contributed by atoms with Gasteiger partial charge in [0.25, 0.3) is 0 Å². The van der Waals surface area contributed by atoms with Gasteiger partial charge in [0.1, 0.15) is 5.75 Å². The summed E-state index contributed by atoms with van der Waals surface area (Å²) in [5, 5.41) is 1.03. The van der Waals surface area contributed by atoms with Crippen LogP contribution in [0.1, 0.15) is 13.3 Å². The van der Waals surface area contributed by atoms with Gasteiger partial charge in [-0.3, -0.25) is 4.90 Å². The van der Waals surface area contributed by atoms with Crippen LogP contribution in [-0.2, 0) is 0 Å². The largest absolute Gasteiger partial charge is 0.492 e. The van der Waals surface area contributed by atoms with Crippen molar-refractivity contribution >= 4 is 28.5 Å². The number of anilines is 1. The smallest absolute Gasteiger partial charge is 0.166 e. The van der Waals surface area contributed by atoms with Crippen LogP contribution in [0.15, 0.2) is 53.7 Å². The maximum atomic E-state index is 5.79. The number of ether oxygens (including phenoxy) is 1. The Hall–Kier alpha value is -2.18. The molecule has 1 saturated heterocycles. The molecule has 1 fully saturated rings. The van der Waals surface area contributed by atoms with Crippen LogP contribution in [-0.4, -0.2) is 60.0 Å². The Morgan fingerprint density at radius 3 is 2.64 bits per heavy atom. The number of rotatable bonds is 8. The van der Waals surface area contributed by atoms with E-state index in [0.717, 1.165) is 60.4 Å². The fraction of sp³-hybridized carbons (Fsp3) is 0.409.